The summed E-state index contributed by atoms with van der Waals surface area (Å²) in [5.41, 5.74) is 3.86. The van der Waals surface area contributed by atoms with Gasteiger partial charge in [-0.15, -0.1) is 0 Å². The zero-order chi connectivity index (χ0) is 14.7. The van der Waals surface area contributed by atoms with E-state index in [2.05, 4.69) is 27.3 Å². The van der Waals surface area contributed by atoms with Gasteiger partial charge in [0.05, 0.1) is 29.3 Å². The monoisotopic (exact) mass is 293 g/mol. The van der Waals surface area contributed by atoms with Gasteiger partial charge in [0, 0.05) is 18.8 Å². The van der Waals surface area contributed by atoms with E-state index in [4.69, 9.17) is 11.6 Å². The predicted octanol–water partition coefficient (Wildman–Crippen LogP) is 2.37. The Labute approximate surface area is 124 Å². The highest BCUT2D eigenvalue weighted by molar-refractivity contribution is 6.30. The van der Waals surface area contributed by atoms with E-state index in [1.165, 1.54) is 0 Å². The molecule has 2 rings (SSSR count). The second-order valence-corrected chi connectivity index (χ2v) is 5.23. The minimum atomic E-state index is 0.0912. The molecular formula is C14H20ClN5. The molecular weight excluding hydrogens is 274 g/mol. The Morgan fingerprint density at radius 2 is 2.05 bits per heavy atom. The maximum absolute atomic E-state index is 6.31. The van der Waals surface area contributed by atoms with Crippen molar-refractivity contribution in [3.8, 4) is 0 Å². The van der Waals surface area contributed by atoms with Gasteiger partial charge in [0.15, 0.2) is 0 Å². The molecule has 0 aliphatic carbocycles. The van der Waals surface area contributed by atoms with Gasteiger partial charge < -0.3 is 5.32 Å². The lowest BCUT2D eigenvalue weighted by Gasteiger charge is -2.17. The van der Waals surface area contributed by atoms with E-state index < -0.39 is 0 Å². The molecule has 0 amide bonds. The van der Waals surface area contributed by atoms with Gasteiger partial charge in [-0.1, -0.05) is 18.5 Å². The van der Waals surface area contributed by atoms with E-state index in [0.29, 0.717) is 5.15 Å². The molecule has 6 heteroatoms. The quantitative estimate of drug-likeness (QED) is 0.919. The first-order chi connectivity index (χ1) is 9.52. The van der Waals surface area contributed by atoms with E-state index in [-0.39, 0.29) is 6.04 Å². The van der Waals surface area contributed by atoms with Crippen LogP contribution >= 0.6 is 11.6 Å². The van der Waals surface area contributed by atoms with Crippen LogP contribution in [0.2, 0.25) is 5.15 Å². The van der Waals surface area contributed by atoms with Gasteiger partial charge in [0.1, 0.15) is 5.15 Å². The van der Waals surface area contributed by atoms with Crippen LogP contribution in [0.1, 0.15) is 35.6 Å². The number of aromatic nitrogens is 4. The molecule has 0 aliphatic rings. The number of hydrogen-bond acceptors (Lipinski definition) is 4. The number of nitrogens with zero attached hydrogens (tertiary/aromatic N) is 4. The molecule has 0 radical (unpaired) electrons. The molecule has 1 atom stereocenters. The van der Waals surface area contributed by atoms with E-state index >= 15 is 0 Å². The third kappa shape index (κ3) is 3.16. The van der Waals surface area contributed by atoms with Crippen molar-refractivity contribution in [2.24, 2.45) is 7.05 Å². The number of nitrogens with one attached hydrogen (secondary N) is 1. The van der Waals surface area contributed by atoms with E-state index in [1.54, 1.807) is 10.9 Å². The SMILES string of the molecule is CCNC(Cc1c(C)nn(C)c1Cl)c1cnc(C)cn1. The van der Waals surface area contributed by atoms with Crippen molar-refractivity contribution >= 4 is 11.6 Å². The van der Waals surface area contributed by atoms with Crippen molar-refractivity contribution in [2.45, 2.75) is 33.2 Å². The van der Waals surface area contributed by atoms with Crippen molar-refractivity contribution in [2.75, 3.05) is 6.54 Å². The normalized spacial score (nSPS) is 12.7. The Morgan fingerprint density at radius 1 is 1.30 bits per heavy atom. The highest BCUT2D eigenvalue weighted by Crippen LogP contribution is 2.24. The van der Waals surface area contributed by atoms with Crippen molar-refractivity contribution < 1.29 is 0 Å². The molecule has 5 nitrogen and oxygen atoms in total. The lowest BCUT2D eigenvalue weighted by atomic mass is 10.0. The molecule has 1 unspecified atom stereocenters. The van der Waals surface area contributed by atoms with Crippen LogP contribution in [-0.2, 0) is 13.5 Å². The molecule has 2 aromatic rings. The van der Waals surface area contributed by atoms with Crippen LogP contribution in [0.5, 0.6) is 0 Å². The Bertz CT molecular complexity index is 576. The summed E-state index contributed by atoms with van der Waals surface area (Å²) in [7, 11) is 1.85. The highest BCUT2D eigenvalue weighted by atomic mass is 35.5. The van der Waals surface area contributed by atoms with Gasteiger partial charge >= 0.3 is 0 Å². The summed E-state index contributed by atoms with van der Waals surface area (Å²) >= 11 is 6.31. The smallest absolute Gasteiger partial charge is 0.130 e. The number of halogens is 1. The summed E-state index contributed by atoms with van der Waals surface area (Å²) in [6, 6.07) is 0.0912. The van der Waals surface area contributed by atoms with Crippen LogP contribution in [0.3, 0.4) is 0 Å². The van der Waals surface area contributed by atoms with Crippen LogP contribution in [-0.4, -0.2) is 26.3 Å². The summed E-state index contributed by atoms with van der Waals surface area (Å²) in [6.45, 7) is 6.84. The van der Waals surface area contributed by atoms with Gasteiger partial charge in [-0.05, 0) is 26.8 Å². The predicted molar refractivity (Wildman–Crippen MR) is 79.8 cm³/mol. The minimum Gasteiger partial charge on any atom is -0.309 e. The maximum Gasteiger partial charge on any atom is 0.130 e. The van der Waals surface area contributed by atoms with Gasteiger partial charge in [-0.3, -0.25) is 14.6 Å². The molecule has 0 saturated heterocycles. The minimum absolute atomic E-state index is 0.0912. The number of aryl methyl sites for hydroxylation is 3. The molecule has 0 fully saturated rings. The van der Waals surface area contributed by atoms with Gasteiger partial charge in [-0.2, -0.15) is 5.10 Å². The summed E-state index contributed by atoms with van der Waals surface area (Å²) in [4.78, 5) is 8.78. The first-order valence-electron chi connectivity index (χ1n) is 6.72. The van der Waals surface area contributed by atoms with Gasteiger partial charge in [0.25, 0.3) is 0 Å². The molecule has 0 spiro atoms. The molecule has 2 heterocycles. The summed E-state index contributed by atoms with van der Waals surface area (Å²) < 4.78 is 1.70. The number of likely N-dealkylation sites (N-methyl/N-ethyl adjacent to an activating group) is 1. The summed E-state index contributed by atoms with van der Waals surface area (Å²) in [5, 5.41) is 8.47. The van der Waals surface area contributed by atoms with Crippen LogP contribution in [0.15, 0.2) is 12.4 Å². The zero-order valence-corrected chi connectivity index (χ0v) is 13.1. The first-order valence-corrected chi connectivity index (χ1v) is 7.10. The molecule has 0 saturated carbocycles. The van der Waals surface area contributed by atoms with Gasteiger partial charge in [-0.25, -0.2) is 0 Å². The van der Waals surface area contributed by atoms with E-state index in [0.717, 1.165) is 35.6 Å². The standard InChI is InChI=1S/C14H20ClN5/c1-5-16-12(13-8-17-9(2)7-18-13)6-11-10(3)19-20(4)14(11)15/h7-8,12,16H,5-6H2,1-4H3. The van der Waals surface area contributed by atoms with Crippen LogP contribution in [0.4, 0.5) is 0 Å². The fraction of sp³-hybridized carbons (Fsp3) is 0.500. The fourth-order valence-electron chi connectivity index (χ4n) is 2.22. The third-order valence-electron chi connectivity index (χ3n) is 3.29. The van der Waals surface area contributed by atoms with Crippen molar-refractivity contribution in [3.63, 3.8) is 0 Å². The lowest BCUT2D eigenvalue weighted by Crippen LogP contribution is -2.24. The van der Waals surface area contributed by atoms with Crippen LogP contribution in [0, 0.1) is 13.8 Å². The molecule has 0 aliphatic heterocycles. The second kappa shape index (κ2) is 6.33. The number of hydrogen-bond donors (Lipinski definition) is 1. The fourth-order valence-corrected chi connectivity index (χ4v) is 2.47. The molecule has 108 valence electrons. The van der Waals surface area contributed by atoms with Crippen LogP contribution in [0.25, 0.3) is 0 Å². The Hall–Kier alpha value is -1.46. The Balaban J connectivity index is 2.27. The average Bonchev–Trinajstić information content (AvgIpc) is 2.65. The molecule has 2 aromatic heterocycles. The van der Waals surface area contributed by atoms with E-state index in [9.17, 15) is 0 Å². The van der Waals surface area contributed by atoms with Crippen molar-refractivity contribution in [1.82, 2.24) is 25.1 Å². The van der Waals surface area contributed by atoms with Crippen molar-refractivity contribution in [1.29, 1.82) is 0 Å². The second-order valence-electron chi connectivity index (χ2n) is 4.88. The first kappa shape index (κ1) is 14.9. The van der Waals surface area contributed by atoms with E-state index in [1.807, 2.05) is 27.1 Å². The number of rotatable bonds is 5. The van der Waals surface area contributed by atoms with Crippen LogP contribution < -0.4 is 5.32 Å². The van der Waals surface area contributed by atoms with Crippen molar-refractivity contribution in [3.05, 3.63) is 40.2 Å². The zero-order valence-electron chi connectivity index (χ0n) is 12.3. The maximum atomic E-state index is 6.31. The molecule has 1 N–H and O–H groups in total. The largest absolute Gasteiger partial charge is 0.309 e. The third-order valence-corrected chi connectivity index (χ3v) is 3.76. The summed E-state index contributed by atoms with van der Waals surface area (Å²) in [6.07, 6.45) is 4.36. The summed E-state index contributed by atoms with van der Waals surface area (Å²) in [5.74, 6) is 0. The molecule has 20 heavy (non-hydrogen) atoms. The topological polar surface area (TPSA) is 55.6 Å². The van der Waals surface area contributed by atoms with Gasteiger partial charge in [0.2, 0.25) is 0 Å². The molecule has 0 bridgehead atoms. The Morgan fingerprint density at radius 3 is 2.55 bits per heavy atom. The average molecular weight is 294 g/mol. The Kier molecular flexibility index (Phi) is 4.73. The molecule has 0 aromatic carbocycles. The highest BCUT2D eigenvalue weighted by Gasteiger charge is 2.19. The lowest BCUT2D eigenvalue weighted by molar-refractivity contribution is 0.533.